The summed E-state index contributed by atoms with van der Waals surface area (Å²) in [5, 5.41) is 19.6. The van der Waals surface area contributed by atoms with Gasteiger partial charge in [0.15, 0.2) is 6.10 Å². The minimum absolute atomic E-state index is 0.108. The predicted octanol–water partition coefficient (Wildman–Crippen LogP) is 1.18. The number of carboxylic acid groups (broad SMARTS) is 1. The fourth-order valence-electron chi connectivity index (χ4n) is 1.98. The Balaban J connectivity index is 2.50. The van der Waals surface area contributed by atoms with E-state index in [2.05, 4.69) is 0 Å². The van der Waals surface area contributed by atoms with E-state index < -0.39 is 29.4 Å². The van der Waals surface area contributed by atoms with Crippen LogP contribution in [0, 0.1) is 10.1 Å². The molecule has 0 aromatic heterocycles. The summed E-state index contributed by atoms with van der Waals surface area (Å²) < 4.78 is 5.43. The molecule has 0 fully saturated rings. The van der Waals surface area contributed by atoms with Crippen molar-refractivity contribution in [2.45, 2.75) is 19.4 Å². The highest BCUT2D eigenvalue weighted by molar-refractivity contribution is 6.03. The lowest BCUT2D eigenvalue weighted by Crippen LogP contribution is -2.47. The Morgan fingerprint density at radius 3 is 2.80 bits per heavy atom. The molecule has 0 saturated carbocycles. The molecule has 1 unspecified atom stereocenters. The molecule has 1 N–H and O–H groups in total. The zero-order chi connectivity index (χ0) is 14.9. The normalized spacial score (nSPS) is 17.4. The zero-order valence-electron chi connectivity index (χ0n) is 10.6. The fraction of sp³-hybridized carbons (Fsp3) is 0.333. The van der Waals surface area contributed by atoms with E-state index in [1.54, 1.807) is 6.92 Å². The largest absolute Gasteiger partial charge is 0.480 e. The van der Waals surface area contributed by atoms with Crippen LogP contribution in [-0.4, -0.2) is 34.6 Å². The molecule has 0 bridgehead atoms. The predicted molar refractivity (Wildman–Crippen MR) is 67.8 cm³/mol. The molecule has 0 radical (unpaired) electrons. The second-order valence-corrected chi connectivity index (χ2v) is 4.24. The van der Waals surface area contributed by atoms with Crippen LogP contribution in [0.15, 0.2) is 18.2 Å². The monoisotopic (exact) mass is 280 g/mol. The number of amides is 1. The Labute approximate surface area is 113 Å². The minimum atomic E-state index is -1.20. The van der Waals surface area contributed by atoms with Gasteiger partial charge >= 0.3 is 5.97 Å². The number of rotatable bonds is 4. The van der Waals surface area contributed by atoms with Crippen LogP contribution in [0.4, 0.5) is 11.4 Å². The number of carbonyl (C=O) groups is 2. The van der Waals surface area contributed by atoms with Crippen LogP contribution < -0.4 is 9.64 Å². The third-order valence-corrected chi connectivity index (χ3v) is 2.92. The molecule has 106 valence electrons. The number of carboxylic acids is 1. The van der Waals surface area contributed by atoms with Crippen LogP contribution in [0.3, 0.4) is 0 Å². The van der Waals surface area contributed by atoms with E-state index in [1.165, 1.54) is 12.1 Å². The number of non-ortho nitro benzene ring substituents is 1. The molecular weight excluding hydrogens is 268 g/mol. The highest BCUT2D eigenvalue weighted by Gasteiger charge is 2.35. The van der Waals surface area contributed by atoms with Gasteiger partial charge in [0.1, 0.15) is 12.3 Å². The van der Waals surface area contributed by atoms with Gasteiger partial charge < -0.3 is 9.84 Å². The summed E-state index contributed by atoms with van der Waals surface area (Å²) in [5.74, 6) is -1.45. The molecule has 0 spiro atoms. The van der Waals surface area contributed by atoms with Crippen molar-refractivity contribution in [2.75, 3.05) is 11.4 Å². The van der Waals surface area contributed by atoms with Gasteiger partial charge in [-0.05, 0) is 12.5 Å². The Morgan fingerprint density at radius 2 is 2.25 bits per heavy atom. The number of nitro groups is 1. The molecule has 1 amide bonds. The molecule has 8 heteroatoms. The molecule has 1 aliphatic heterocycles. The highest BCUT2D eigenvalue weighted by atomic mass is 16.6. The second kappa shape index (κ2) is 5.16. The Hall–Kier alpha value is -2.64. The number of benzene rings is 1. The average molecular weight is 280 g/mol. The molecule has 20 heavy (non-hydrogen) atoms. The third kappa shape index (κ3) is 2.40. The first-order valence-electron chi connectivity index (χ1n) is 5.92. The summed E-state index contributed by atoms with van der Waals surface area (Å²) >= 11 is 0. The molecule has 0 aliphatic carbocycles. The van der Waals surface area contributed by atoms with Crippen LogP contribution in [0.25, 0.3) is 0 Å². The molecule has 0 saturated heterocycles. The lowest BCUT2D eigenvalue weighted by molar-refractivity contribution is -0.384. The summed E-state index contributed by atoms with van der Waals surface area (Å²) in [5.41, 5.74) is -0.123. The Morgan fingerprint density at radius 1 is 1.55 bits per heavy atom. The van der Waals surface area contributed by atoms with Gasteiger partial charge in [0, 0.05) is 12.1 Å². The van der Waals surface area contributed by atoms with Gasteiger partial charge in [-0.2, -0.15) is 0 Å². The number of ether oxygens (including phenoxy) is 1. The number of carbonyl (C=O) groups excluding carboxylic acids is 1. The summed E-state index contributed by atoms with van der Waals surface area (Å²) in [6.07, 6.45) is -0.394. The lowest BCUT2D eigenvalue weighted by Gasteiger charge is -2.32. The number of nitrogens with zero attached hydrogens (tertiary/aromatic N) is 2. The maximum Gasteiger partial charge on any atom is 0.323 e. The van der Waals surface area contributed by atoms with Gasteiger partial charge in [-0.15, -0.1) is 0 Å². The van der Waals surface area contributed by atoms with Crippen molar-refractivity contribution >= 4 is 23.3 Å². The van der Waals surface area contributed by atoms with Crippen molar-refractivity contribution in [2.24, 2.45) is 0 Å². The first-order valence-corrected chi connectivity index (χ1v) is 5.92. The summed E-state index contributed by atoms with van der Waals surface area (Å²) in [4.78, 5) is 34.1. The third-order valence-electron chi connectivity index (χ3n) is 2.92. The SMILES string of the molecule is CCC1Oc2ccc([N+](=O)[O-])cc2N(CC(=O)O)C1=O. The average Bonchev–Trinajstić information content (AvgIpc) is 2.40. The number of fused-ring (bicyclic) bond motifs is 1. The number of hydrogen-bond donors (Lipinski definition) is 1. The number of nitro benzene ring substituents is 1. The van der Waals surface area contributed by atoms with Crippen LogP contribution in [0.5, 0.6) is 5.75 Å². The molecule has 1 atom stereocenters. The zero-order valence-corrected chi connectivity index (χ0v) is 10.6. The van der Waals surface area contributed by atoms with Crippen LogP contribution in [-0.2, 0) is 9.59 Å². The molecule has 1 heterocycles. The van der Waals surface area contributed by atoms with E-state index in [-0.39, 0.29) is 17.1 Å². The van der Waals surface area contributed by atoms with Crippen molar-refractivity contribution in [3.8, 4) is 5.75 Å². The van der Waals surface area contributed by atoms with E-state index >= 15 is 0 Å². The minimum Gasteiger partial charge on any atom is -0.480 e. The quantitative estimate of drug-likeness (QED) is 0.655. The van der Waals surface area contributed by atoms with E-state index in [4.69, 9.17) is 9.84 Å². The first-order chi connectivity index (χ1) is 9.43. The molecule has 2 rings (SSSR count). The van der Waals surface area contributed by atoms with E-state index in [0.29, 0.717) is 6.42 Å². The van der Waals surface area contributed by atoms with Crippen LogP contribution >= 0.6 is 0 Å². The maximum atomic E-state index is 12.1. The lowest BCUT2D eigenvalue weighted by atomic mass is 10.1. The standard InChI is InChI=1S/C12H12N2O6/c1-2-9-12(17)13(6-11(15)16)8-5-7(14(18)19)3-4-10(8)20-9/h3-5,9H,2,6H2,1H3,(H,15,16). The summed E-state index contributed by atoms with van der Waals surface area (Å²) in [6.45, 7) is 1.17. The molecule has 1 aromatic carbocycles. The van der Waals surface area contributed by atoms with Gasteiger partial charge in [0.2, 0.25) is 0 Å². The van der Waals surface area contributed by atoms with Crippen molar-refractivity contribution < 1.29 is 24.4 Å². The van der Waals surface area contributed by atoms with E-state index in [0.717, 1.165) is 11.0 Å². The van der Waals surface area contributed by atoms with Crippen molar-refractivity contribution in [1.29, 1.82) is 0 Å². The van der Waals surface area contributed by atoms with Gasteiger partial charge in [0.05, 0.1) is 10.6 Å². The summed E-state index contributed by atoms with van der Waals surface area (Å²) in [6, 6.07) is 3.76. The van der Waals surface area contributed by atoms with Crippen molar-refractivity contribution in [3.05, 3.63) is 28.3 Å². The second-order valence-electron chi connectivity index (χ2n) is 4.24. The molecular formula is C12H12N2O6. The van der Waals surface area contributed by atoms with Gasteiger partial charge in [-0.25, -0.2) is 0 Å². The number of hydrogen-bond acceptors (Lipinski definition) is 5. The fourth-order valence-corrected chi connectivity index (χ4v) is 1.98. The number of aliphatic carboxylic acids is 1. The Kier molecular flexibility index (Phi) is 3.55. The van der Waals surface area contributed by atoms with Gasteiger partial charge in [-0.1, -0.05) is 6.92 Å². The number of anilines is 1. The molecule has 8 nitrogen and oxygen atoms in total. The first kappa shape index (κ1) is 13.8. The highest BCUT2D eigenvalue weighted by Crippen LogP contribution is 2.37. The van der Waals surface area contributed by atoms with E-state index in [1.807, 2.05) is 0 Å². The van der Waals surface area contributed by atoms with Crippen molar-refractivity contribution in [1.82, 2.24) is 0 Å². The van der Waals surface area contributed by atoms with Gasteiger partial charge in [-0.3, -0.25) is 24.6 Å². The smallest absolute Gasteiger partial charge is 0.323 e. The topological polar surface area (TPSA) is 110 Å². The van der Waals surface area contributed by atoms with Crippen molar-refractivity contribution in [3.63, 3.8) is 0 Å². The molecule has 1 aromatic rings. The van der Waals surface area contributed by atoms with Crippen LogP contribution in [0.1, 0.15) is 13.3 Å². The maximum absolute atomic E-state index is 12.1. The van der Waals surface area contributed by atoms with Gasteiger partial charge in [0.25, 0.3) is 11.6 Å². The summed E-state index contributed by atoms with van der Waals surface area (Å²) in [7, 11) is 0. The molecule has 1 aliphatic rings. The van der Waals surface area contributed by atoms with Crippen LogP contribution in [0.2, 0.25) is 0 Å². The Bertz CT molecular complexity index is 585. The van der Waals surface area contributed by atoms with E-state index in [9.17, 15) is 19.7 Å².